The Morgan fingerprint density at radius 2 is 2.25 bits per heavy atom. The highest BCUT2D eigenvalue weighted by atomic mass is 19.1. The largest absolute Gasteiger partial charge is 0.317 e. The third kappa shape index (κ3) is 0.972. The summed E-state index contributed by atoms with van der Waals surface area (Å²) >= 11 is 0. The van der Waals surface area contributed by atoms with Crippen LogP contribution in [-0.4, -0.2) is 9.97 Å². The molecular formula is C8H5FN2O. The molecule has 2 aromatic rings. The van der Waals surface area contributed by atoms with Crippen LogP contribution in [0.15, 0.2) is 29.2 Å². The van der Waals surface area contributed by atoms with Crippen molar-refractivity contribution < 1.29 is 4.39 Å². The fourth-order valence-corrected chi connectivity index (χ4v) is 1.03. The van der Waals surface area contributed by atoms with Gasteiger partial charge in [0.05, 0.1) is 11.7 Å². The number of aromatic nitrogens is 2. The second kappa shape index (κ2) is 2.41. The van der Waals surface area contributed by atoms with Gasteiger partial charge in [0.25, 0.3) is 5.56 Å². The van der Waals surface area contributed by atoms with Gasteiger partial charge in [-0.1, -0.05) is 6.07 Å². The van der Waals surface area contributed by atoms with E-state index in [0.29, 0.717) is 5.52 Å². The third-order valence-electron chi connectivity index (χ3n) is 1.56. The fraction of sp³-hybridized carbons (Fsp3) is 0. The fourth-order valence-electron chi connectivity index (χ4n) is 1.03. The van der Waals surface area contributed by atoms with Gasteiger partial charge in [0.2, 0.25) is 0 Å². The van der Waals surface area contributed by atoms with Crippen molar-refractivity contribution in [2.75, 3.05) is 0 Å². The topological polar surface area (TPSA) is 45.8 Å². The number of rotatable bonds is 0. The highest BCUT2D eigenvalue weighted by Gasteiger charge is 1.99. The molecule has 0 atom stereocenters. The van der Waals surface area contributed by atoms with Gasteiger partial charge < -0.3 is 4.98 Å². The van der Waals surface area contributed by atoms with Crippen LogP contribution in [0.25, 0.3) is 11.0 Å². The van der Waals surface area contributed by atoms with Gasteiger partial charge in [-0.2, -0.15) is 0 Å². The van der Waals surface area contributed by atoms with Crippen molar-refractivity contribution >= 4 is 11.0 Å². The predicted octanol–water partition coefficient (Wildman–Crippen LogP) is 1.06. The van der Waals surface area contributed by atoms with Crippen LogP contribution in [0.4, 0.5) is 4.39 Å². The first-order valence-electron chi connectivity index (χ1n) is 3.41. The lowest BCUT2D eigenvalue weighted by Crippen LogP contribution is -2.05. The van der Waals surface area contributed by atoms with Crippen LogP contribution in [0.3, 0.4) is 0 Å². The van der Waals surface area contributed by atoms with Gasteiger partial charge in [-0.25, -0.2) is 9.37 Å². The van der Waals surface area contributed by atoms with Crippen LogP contribution in [0.2, 0.25) is 0 Å². The number of hydrogen-bond donors (Lipinski definition) is 1. The van der Waals surface area contributed by atoms with Crippen molar-refractivity contribution in [1.82, 2.24) is 9.97 Å². The Bertz CT molecular complexity index is 478. The average molecular weight is 164 g/mol. The molecule has 0 fully saturated rings. The maximum Gasteiger partial charge on any atom is 0.266 e. The summed E-state index contributed by atoms with van der Waals surface area (Å²) in [5.41, 5.74) is 0.215. The lowest BCUT2D eigenvalue weighted by molar-refractivity contribution is 0.636. The zero-order chi connectivity index (χ0) is 8.55. The molecule has 60 valence electrons. The first kappa shape index (κ1) is 6.97. The summed E-state index contributed by atoms with van der Waals surface area (Å²) in [6, 6.07) is 4.46. The summed E-state index contributed by atoms with van der Waals surface area (Å²) in [7, 11) is 0. The van der Waals surface area contributed by atoms with E-state index in [1.54, 1.807) is 12.1 Å². The van der Waals surface area contributed by atoms with E-state index >= 15 is 0 Å². The molecule has 3 nitrogen and oxygen atoms in total. The summed E-state index contributed by atoms with van der Waals surface area (Å²) in [5, 5.41) is 0. The Morgan fingerprint density at radius 3 is 3.08 bits per heavy atom. The van der Waals surface area contributed by atoms with Crippen LogP contribution in [0.5, 0.6) is 0 Å². The highest BCUT2D eigenvalue weighted by molar-refractivity contribution is 5.73. The number of para-hydroxylation sites is 1. The molecule has 0 aliphatic rings. The molecule has 0 radical (unpaired) electrons. The van der Waals surface area contributed by atoms with E-state index in [1.807, 2.05) is 0 Å². The summed E-state index contributed by atoms with van der Waals surface area (Å²) in [6.45, 7) is 0. The first-order valence-corrected chi connectivity index (χ1v) is 3.41. The van der Waals surface area contributed by atoms with Crippen LogP contribution in [0.1, 0.15) is 0 Å². The van der Waals surface area contributed by atoms with Crippen molar-refractivity contribution in [3.8, 4) is 0 Å². The SMILES string of the molecule is O=c1cnc2cccc(F)c2[nH]1. The van der Waals surface area contributed by atoms with Crippen molar-refractivity contribution in [2.24, 2.45) is 0 Å². The molecule has 0 aliphatic carbocycles. The quantitative estimate of drug-likeness (QED) is 0.632. The number of benzene rings is 1. The second-order valence-corrected chi connectivity index (χ2v) is 2.38. The monoisotopic (exact) mass is 164 g/mol. The zero-order valence-electron chi connectivity index (χ0n) is 6.04. The number of nitrogens with one attached hydrogen (secondary N) is 1. The molecule has 0 saturated heterocycles. The Balaban J connectivity index is 2.97. The third-order valence-corrected chi connectivity index (χ3v) is 1.56. The van der Waals surface area contributed by atoms with E-state index in [4.69, 9.17) is 0 Å². The number of hydrogen-bond acceptors (Lipinski definition) is 2. The van der Waals surface area contributed by atoms with E-state index < -0.39 is 11.4 Å². The minimum Gasteiger partial charge on any atom is -0.317 e. The summed E-state index contributed by atoms with van der Waals surface area (Å²) < 4.78 is 13.0. The molecule has 1 aromatic heterocycles. The molecule has 12 heavy (non-hydrogen) atoms. The molecule has 0 bridgehead atoms. The highest BCUT2D eigenvalue weighted by Crippen LogP contribution is 2.09. The predicted molar refractivity (Wildman–Crippen MR) is 42.3 cm³/mol. The van der Waals surface area contributed by atoms with E-state index in [1.165, 1.54) is 6.07 Å². The minimum absolute atomic E-state index is 0.157. The molecule has 0 spiro atoms. The molecule has 2 rings (SSSR count). The molecule has 1 aromatic carbocycles. The van der Waals surface area contributed by atoms with Crippen LogP contribution in [-0.2, 0) is 0 Å². The summed E-state index contributed by atoms with van der Waals surface area (Å²) in [5.74, 6) is -0.460. The van der Waals surface area contributed by atoms with Crippen molar-refractivity contribution in [2.45, 2.75) is 0 Å². The number of H-pyrrole nitrogens is 1. The maximum absolute atomic E-state index is 13.0. The molecular weight excluding hydrogens is 159 g/mol. The van der Waals surface area contributed by atoms with E-state index in [2.05, 4.69) is 9.97 Å². The molecule has 0 aliphatic heterocycles. The van der Waals surface area contributed by atoms with Crippen LogP contribution < -0.4 is 5.56 Å². The minimum atomic E-state index is -0.460. The molecule has 4 heteroatoms. The van der Waals surface area contributed by atoms with Gasteiger partial charge in [-0.3, -0.25) is 4.79 Å². The lowest BCUT2D eigenvalue weighted by atomic mass is 10.3. The van der Waals surface area contributed by atoms with Gasteiger partial charge in [-0.15, -0.1) is 0 Å². The zero-order valence-corrected chi connectivity index (χ0v) is 6.04. The Morgan fingerprint density at radius 1 is 1.42 bits per heavy atom. The van der Waals surface area contributed by atoms with E-state index in [0.717, 1.165) is 6.20 Å². The standard InChI is InChI=1S/C8H5FN2O/c9-5-2-1-3-6-8(5)11-7(12)4-10-6/h1-4H,(H,11,12). The number of nitrogens with zero attached hydrogens (tertiary/aromatic N) is 1. The maximum atomic E-state index is 13.0. The number of fused-ring (bicyclic) bond motifs is 1. The lowest BCUT2D eigenvalue weighted by Gasteiger charge is -1.95. The Kier molecular flexibility index (Phi) is 1.40. The van der Waals surface area contributed by atoms with Gasteiger partial charge in [-0.05, 0) is 12.1 Å². The van der Waals surface area contributed by atoms with Crippen LogP contribution >= 0.6 is 0 Å². The van der Waals surface area contributed by atoms with Crippen LogP contribution in [0, 0.1) is 5.82 Å². The molecule has 1 N–H and O–H groups in total. The Hall–Kier alpha value is -1.71. The average Bonchev–Trinajstić information content (AvgIpc) is 2.07. The first-order chi connectivity index (χ1) is 5.77. The number of halogens is 1. The van der Waals surface area contributed by atoms with Gasteiger partial charge in [0, 0.05) is 0 Å². The molecule has 0 unspecified atom stereocenters. The second-order valence-electron chi connectivity index (χ2n) is 2.38. The smallest absolute Gasteiger partial charge is 0.266 e. The Labute approximate surface area is 66.9 Å². The van der Waals surface area contributed by atoms with E-state index in [9.17, 15) is 9.18 Å². The van der Waals surface area contributed by atoms with Gasteiger partial charge in [0.1, 0.15) is 11.3 Å². The van der Waals surface area contributed by atoms with Gasteiger partial charge in [0.15, 0.2) is 0 Å². The van der Waals surface area contributed by atoms with E-state index in [-0.39, 0.29) is 5.52 Å². The van der Waals surface area contributed by atoms with Gasteiger partial charge >= 0.3 is 0 Å². The molecule has 0 saturated carbocycles. The summed E-state index contributed by atoms with van der Waals surface area (Å²) in [4.78, 5) is 16.9. The molecule has 0 amide bonds. The van der Waals surface area contributed by atoms with Crippen molar-refractivity contribution in [3.63, 3.8) is 0 Å². The number of aromatic amines is 1. The van der Waals surface area contributed by atoms with Crippen molar-refractivity contribution in [1.29, 1.82) is 0 Å². The molecule has 1 heterocycles. The summed E-state index contributed by atoms with van der Waals surface area (Å²) in [6.07, 6.45) is 1.13. The van der Waals surface area contributed by atoms with Crippen molar-refractivity contribution in [3.05, 3.63) is 40.6 Å². The normalized spacial score (nSPS) is 10.4.